The first-order valence-corrected chi connectivity index (χ1v) is 34.0. The minimum absolute atomic E-state index is 0.0790. The maximum absolute atomic E-state index is 12.8. The van der Waals surface area contributed by atoms with E-state index >= 15 is 0 Å². The zero-order valence-electron chi connectivity index (χ0n) is 51.3. The van der Waals surface area contributed by atoms with Crippen molar-refractivity contribution in [3.05, 3.63) is 36.5 Å². The zero-order chi connectivity index (χ0) is 55.0. The van der Waals surface area contributed by atoms with Gasteiger partial charge >= 0.3 is 17.9 Å². The second-order valence-electron chi connectivity index (χ2n) is 23.1. The van der Waals surface area contributed by atoms with Crippen LogP contribution in [0.2, 0.25) is 0 Å². The van der Waals surface area contributed by atoms with E-state index in [1.54, 1.807) is 0 Å². The molecule has 0 aliphatic rings. The van der Waals surface area contributed by atoms with E-state index in [2.05, 4.69) is 57.2 Å². The number of carbonyl (C=O) groups is 3. The minimum atomic E-state index is -0.784. The van der Waals surface area contributed by atoms with Crippen LogP contribution in [-0.2, 0) is 28.6 Å². The summed E-state index contributed by atoms with van der Waals surface area (Å²) in [5.41, 5.74) is 0. The Bertz CT molecular complexity index is 1270. The molecule has 0 rings (SSSR count). The fourth-order valence-electron chi connectivity index (χ4n) is 10.3. The molecule has 0 bridgehead atoms. The largest absolute Gasteiger partial charge is 0.462 e. The van der Waals surface area contributed by atoms with Gasteiger partial charge in [-0.15, -0.1) is 0 Å². The molecule has 0 amide bonds. The van der Waals surface area contributed by atoms with Crippen LogP contribution in [0.25, 0.3) is 0 Å². The van der Waals surface area contributed by atoms with E-state index in [1.165, 1.54) is 250 Å². The molecule has 0 spiro atoms. The van der Waals surface area contributed by atoms with Gasteiger partial charge in [-0.25, -0.2) is 0 Å². The van der Waals surface area contributed by atoms with Crippen LogP contribution in [0.4, 0.5) is 0 Å². The van der Waals surface area contributed by atoms with Crippen molar-refractivity contribution >= 4 is 17.9 Å². The Morgan fingerprint density at radius 3 is 0.803 bits per heavy atom. The standard InChI is InChI=1S/C70H130O6/c1-4-7-10-13-16-19-22-25-26-27-28-29-30-31-32-33-34-35-36-37-38-39-40-41-42-43-46-48-51-54-57-60-63-69(72)75-66-67(76-70(73)64-61-58-55-52-49-45-24-21-18-15-12-9-6-3)65-74-68(71)62-59-56-53-50-47-44-23-20-17-14-11-8-5-2/h9,12,18,21,45,49,67H,4-8,10-11,13-17,19-20,22-44,46-48,50-66H2,1-3H3/b12-9-,21-18-,49-45-. The predicted molar refractivity (Wildman–Crippen MR) is 330 cm³/mol. The van der Waals surface area contributed by atoms with Gasteiger partial charge in [-0.1, -0.05) is 340 Å². The molecule has 0 saturated carbocycles. The van der Waals surface area contributed by atoms with Gasteiger partial charge in [0.05, 0.1) is 0 Å². The fourth-order valence-corrected chi connectivity index (χ4v) is 10.3. The van der Waals surface area contributed by atoms with Gasteiger partial charge in [0.2, 0.25) is 0 Å². The lowest BCUT2D eigenvalue weighted by molar-refractivity contribution is -0.167. The molecule has 1 atom stereocenters. The van der Waals surface area contributed by atoms with Crippen molar-refractivity contribution in [3.8, 4) is 0 Å². The minimum Gasteiger partial charge on any atom is -0.462 e. The molecule has 6 heteroatoms. The summed E-state index contributed by atoms with van der Waals surface area (Å²) in [4.78, 5) is 38.2. The van der Waals surface area contributed by atoms with Crippen molar-refractivity contribution in [2.24, 2.45) is 0 Å². The fraction of sp³-hybridized carbons (Fsp3) is 0.871. The molecule has 0 saturated heterocycles. The highest BCUT2D eigenvalue weighted by atomic mass is 16.6. The second-order valence-corrected chi connectivity index (χ2v) is 23.1. The maximum atomic E-state index is 12.8. The molecular weight excluding hydrogens is 937 g/mol. The monoisotopic (exact) mass is 1070 g/mol. The van der Waals surface area contributed by atoms with E-state index in [0.29, 0.717) is 19.3 Å². The number of esters is 3. The van der Waals surface area contributed by atoms with Crippen molar-refractivity contribution in [2.45, 2.75) is 380 Å². The Morgan fingerprint density at radius 1 is 0.276 bits per heavy atom. The predicted octanol–water partition coefficient (Wildman–Crippen LogP) is 23.2. The summed E-state index contributed by atoms with van der Waals surface area (Å²) in [5.74, 6) is -0.886. The first-order valence-electron chi connectivity index (χ1n) is 34.0. The summed E-state index contributed by atoms with van der Waals surface area (Å²) in [5, 5.41) is 0. The number of carbonyl (C=O) groups excluding carboxylic acids is 3. The molecule has 0 aromatic rings. The van der Waals surface area contributed by atoms with Crippen molar-refractivity contribution in [3.63, 3.8) is 0 Å². The Hall–Kier alpha value is -2.37. The molecule has 0 aliphatic heterocycles. The summed E-state index contributed by atoms with van der Waals surface area (Å²) in [6, 6.07) is 0. The van der Waals surface area contributed by atoms with Gasteiger partial charge in [-0.05, 0) is 51.4 Å². The first kappa shape index (κ1) is 73.6. The summed E-state index contributed by atoms with van der Waals surface area (Å²) in [7, 11) is 0. The quantitative estimate of drug-likeness (QED) is 0.0261. The molecule has 0 aromatic carbocycles. The average molecular weight is 1070 g/mol. The lowest BCUT2D eigenvalue weighted by Gasteiger charge is -2.18. The van der Waals surface area contributed by atoms with Crippen LogP contribution in [-0.4, -0.2) is 37.2 Å². The first-order chi connectivity index (χ1) is 37.5. The Balaban J connectivity index is 4.06. The number of hydrogen-bond donors (Lipinski definition) is 0. The van der Waals surface area contributed by atoms with E-state index in [9.17, 15) is 14.4 Å². The van der Waals surface area contributed by atoms with E-state index < -0.39 is 6.10 Å². The van der Waals surface area contributed by atoms with Gasteiger partial charge in [0.15, 0.2) is 6.10 Å². The normalized spacial score (nSPS) is 12.2. The van der Waals surface area contributed by atoms with Crippen molar-refractivity contribution in [1.29, 1.82) is 0 Å². The van der Waals surface area contributed by atoms with Crippen molar-refractivity contribution < 1.29 is 28.6 Å². The molecule has 0 aromatic heterocycles. The van der Waals surface area contributed by atoms with Gasteiger partial charge < -0.3 is 14.2 Å². The van der Waals surface area contributed by atoms with Crippen molar-refractivity contribution in [2.75, 3.05) is 13.2 Å². The Labute approximate surface area is 474 Å². The molecule has 0 N–H and O–H groups in total. The third-order valence-electron chi connectivity index (χ3n) is 15.4. The van der Waals surface area contributed by atoms with Gasteiger partial charge in [-0.2, -0.15) is 0 Å². The van der Waals surface area contributed by atoms with Crippen molar-refractivity contribution in [1.82, 2.24) is 0 Å². The zero-order valence-corrected chi connectivity index (χ0v) is 51.3. The van der Waals surface area contributed by atoms with Crippen LogP contribution < -0.4 is 0 Å². The van der Waals surface area contributed by atoms with Gasteiger partial charge in [0, 0.05) is 19.3 Å². The number of hydrogen-bond acceptors (Lipinski definition) is 6. The number of rotatable bonds is 63. The Morgan fingerprint density at radius 2 is 0.513 bits per heavy atom. The summed E-state index contributed by atoms with van der Waals surface area (Å²) < 4.78 is 16.9. The molecule has 6 nitrogen and oxygen atoms in total. The average Bonchev–Trinajstić information content (AvgIpc) is 3.42. The van der Waals surface area contributed by atoms with E-state index in [4.69, 9.17) is 14.2 Å². The maximum Gasteiger partial charge on any atom is 0.306 e. The number of ether oxygens (including phenoxy) is 3. The molecular formula is C70H130O6. The summed E-state index contributed by atoms with van der Waals surface area (Å²) >= 11 is 0. The van der Waals surface area contributed by atoms with E-state index in [1.807, 2.05) is 0 Å². The third kappa shape index (κ3) is 62.5. The van der Waals surface area contributed by atoms with Crippen LogP contribution in [0.3, 0.4) is 0 Å². The highest BCUT2D eigenvalue weighted by Gasteiger charge is 2.19. The molecule has 0 aliphatic carbocycles. The third-order valence-corrected chi connectivity index (χ3v) is 15.4. The summed E-state index contributed by atoms with van der Waals surface area (Å²) in [6.45, 7) is 6.56. The highest BCUT2D eigenvalue weighted by molar-refractivity contribution is 5.71. The number of unbranched alkanes of at least 4 members (excludes halogenated alkanes) is 46. The van der Waals surface area contributed by atoms with Crippen LogP contribution >= 0.6 is 0 Å². The Kier molecular flexibility index (Phi) is 63.1. The van der Waals surface area contributed by atoms with Gasteiger partial charge in [-0.3, -0.25) is 14.4 Å². The lowest BCUT2D eigenvalue weighted by Crippen LogP contribution is -2.30. The molecule has 1 unspecified atom stereocenters. The number of allylic oxidation sites excluding steroid dienone is 6. The molecule has 76 heavy (non-hydrogen) atoms. The molecule has 0 heterocycles. The van der Waals surface area contributed by atoms with E-state index in [-0.39, 0.29) is 31.1 Å². The van der Waals surface area contributed by atoms with Crippen LogP contribution in [0.1, 0.15) is 374 Å². The molecule has 0 fully saturated rings. The lowest BCUT2D eigenvalue weighted by atomic mass is 10.0. The summed E-state index contributed by atoms with van der Waals surface area (Å²) in [6.07, 6.45) is 80.6. The molecule has 0 radical (unpaired) electrons. The second kappa shape index (κ2) is 65.2. The highest BCUT2D eigenvalue weighted by Crippen LogP contribution is 2.19. The van der Waals surface area contributed by atoms with Gasteiger partial charge in [0.1, 0.15) is 13.2 Å². The smallest absolute Gasteiger partial charge is 0.306 e. The van der Waals surface area contributed by atoms with Crippen LogP contribution in [0, 0.1) is 0 Å². The van der Waals surface area contributed by atoms with E-state index in [0.717, 1.165) is 83.5 Å². The SMILES string of the molecule is CC/C=C\C/C=C\C/C=C\CCCCCC(=O)OC(COC(=O)CCCCCCCCCCCCCCC)COC(=O)CCCCCCCCCCCCCCCCCCCCCCCCCCCCCCCCCC. The molecule has 446 valence electrons. The van der Waals surface area contributed by atoms with Crippen LogP contribution in [0.15, 0.2) is 36.5 Å². The van der Waals surface area contributed by atoms with Gasteiger partial charge in [0.25, 0.3) is 0 Å². The topological polar surface area (TPSA) is 78.9 Å². The van der Waals surface area contributed by atoms with Crippen LogP contribution in [0.5, 0.6) is 0 Å².